The Morgan fingerprint density at radius 2 is 1.59 bits per heavy atom. The lowest BCUT2D eigenvalue weighted by atomic mass is 10.1. The molecule has 1 rings (SSSR count). The van der Waals surface area contributed by atoms with Crippen molar-refractivity contribution in [3.05, 3.63) is 35.9 Å². The standard InChI is InChI=1S/C14H18O3/c1-10(2)6-7-11-8-12(15-3)14(17-5)13(9-11)16-4/h6-9H,1H2,2-5H3/b7-6+. The van der Waals surface area contributed by atoms with Crippen LogP contribution in [0.4, 0.5) is 0 Å². The normalized spacial score (nSPS) is 10.4. The number of hydrogen-bond donors (Lipinski definition) is 0. The molecule has 3 nitrogen and oxygen atoms in total. The van der Waals surface area contributed by atoms with Crippen LogP contribution in [0.5, 0.6) is 17.2 Å². The average molecular weight is 234 g/mol. The van der Waals surface area contributed by atoms with Crippen molar-refractivity contribution < 1.29 is 14.2 Å². The number of hydrogen-bond acceptors (Lipinski definition) is 3. The molecule has 17 heavy (non-hydrogen) atoms. The Morgan fingerprint density at radius 3 is 1.94 bits per heavy atom. The molecule has 1 aromatic carbocycles. The lowest BCUT2D eigenvalue weighted by Crippen LogP contribution is -1.95. The van der Waals surface area contributed by atoms with Crippen LogP contribution in [0, 0.1) is 0 Å². The van der Waals surface area contributed by atoms with Gasteiger partial charge >= 0.3 is 0 Å². The van der Waals surface area contributed by atoms with Crippen molar-refractivity contribution in [1.29, 1.82) is 0 Å². The summed E-state index contributed by atoms with van der Waals surface area (Å²) in [6, 6.07) is 3.78. The van der Waals surface area contributed by atoms with Crippen LogP contribution in [0.3, 0.4) is 0 Å². The molecule has 92 valence electrons. The molecular weight excluding hydrogens is 216 g/mol. The van der Waals surface area contributed by atoms with Gasteiger partial charge in [-0.1, -0.05) is 24.3 Å². The van der Waals surface area contributed by atoms with Gasteiger partial charge < -0.3 is 14.2 Å². The minimum absolute atomic E-state index is 0.600. The lowest BCUT2D eigenvalue weighted by molar-refractivity contribution is 0.324. The predicted molar refractivity (Wildman–Crippen MR) is 69.9 cm³/mol. The molecule has 1 aromatic rings. The minimum Gasteiger partial charge on any atom is -0.493 e. The summed E-state index contributed by atoms with van der Waals surface area (Å²) < 4.78 is 15.8. The molecule has 0 N–H and O–H groups in total. The van der Waals surface area contributed by atoms with Crippen LogP contribution in [0.2, 0.25) is 0 Å². The molecule has 0 radical (unpaired) electrons. The zero-order valence-electron chi connectivity index (χ0n) is 10.7. The Hall–Kier alpha value is -1.90. The highest BCUT2D eigenvalue weighted by molar-refractivity contribution is 5.63. The van der Waals surface area contributed by atoms with Gasteiger partial charge in [0, 0.05) is 0 Å². The van der Waals surface area contributed by atoms with E-state index >= 15 is 0 Å². The first-order valence-corrected chi connectivity index (χ1v) is 5.26. The van der Waals surface area contributed by atoms with Gasteiger partial charge in [0.15, 0.2) is 11.5 Å². The van der Waals surface area contributed by atoms with E-state index in [1.807, 2.05) is 31.2 Å². The maximum absolute atomic E-state index is 5.26. The van der Waals surface area contributed by atoms with Gasteiger partial charge in [-0.15, -0.1) is 0 Å². The highest BCUT2D eigenvalue weighted by Gasteiger charge is 2.11. The summed E-state index contributed by atoms with van der Waals surface area (Å²) in [4.78, 5) is 0. The van der Waals surface area contributed by atoms with E-state index in [4.69, 9.17) is 14.2 Å². The van der Waals surface area contributed by atoms with Crippen molar-refractivity contribution in [1.82, 2.24) is 0 Å². The second-order valence-electron chi connectivity index (χ2n) is 3.64. The van der Waals surface area contributed by atoms with Crippen LogP contribution in [-0.4, -0.2) is 21.3 Å². The Bertz CT molecular complexity index is 408. The van der Waals surface area contributed by atoms with Crippen LogP contribution in [0.1, 0.15) is 12.5 Å². The van der Waals surface area contributed by atoms with Gasteiger partial charge in [0.25, 0.3) is 0 Å². The lowest BCUT2D eigenvalue weighted by Gasteiger charge is -2.12. The Kier molecular flexibility index (Phi) is 4.64. The van der Waals surface area contributed by atoms with E-state index in [0.29, 0.717) is 17.2 Å². The first kappa shape index (κ1) is 13.2. The molecule has 0 saturated carbocycles. The van der Waals surface area contributed by atoms with Crippen molar-refractivity contribution in [2.45, 2.75) is 6.92 Å². The molecule has 3 heteroatoms. The van der Waals surface area contributed by atoms with Crippen molar-refractivity contribution in [2.24, 2.45) is 0 Å². The molecule has 0 saturated heterocycles. The summed E-state index contributed by atoms with van der Waals surface area (Å²) in [7, 11) is 4.79. The fourth-order valence-electron chi connectivity index (χ4n) is 1.44. The highest BCUT2D eigenvalue weighted by Crippen LogP contribution is 2.38. The predicted octanol–water partition coefficient (Wildman–Crippen LogP) is 3.30. The van der Waals surface area contributed by atoms with E-state index in [0.717, 1.165) is 11.1 Å². The summed E-state index contributed by atoms with van der Waals surface area (Å²) in [5.41, 5.74) is 1.96. The first-order chi connectivity index (χ1) is 8.12. The van der Waals surface area contributed by atoms with Crippen LogP contribution >= 0.6 is 0 Å². The minimum atomic E-state index is 0.600. The van der Waals surface area contributed by atoms with E-state index in [1.54, 1.807) is 21.3 Å². The molecule has 0 heterocycles. The first-order valence-electron chi connectivity index (χ1n) is 5.26. The van der Waals surface area contributed by atoms with Gasteiger partial charge in [-0.2, -0.15) is 0 Å². The SMILES string of the molecule is C=C(C)/C=C/c1cc(OC)c(OC)c(OC)c1. The fourth-order valence-corrected chi connectivity index (χ4v) is 1.44. The van der Waals surface area contributed by atoms with Crippen LogP contribution in [-0.2, 0) is 0 Å². The number of benzene rings is 1. The monoisotopic (exact) mass is 234 g/mol. The third-order valence-electron chi connectivity index (χ3n) is 2.25. The molecule has 0 atom stereocenters. The number of ether oxygens (including phenoxy) is 3. The number of rotatable bonds is 5. The van der Waals surface area contributed by atoms with E-state index < -0.39 is 0 Å². The molecule has 0 fully saturated rings. The summed E-state index contributed by atoms with van der Waals surface area (Å²) >= 11 is 0. The van der Waals surface area contributed by atoms with Gasteiger partial charge in [-0.25, -0.2) is 0 Å². The van der Waals surface area contributed by atoms with E-state index in [9.17, 15) is 0 Å². The van der Waals surface area contributed by atoms with Crippen LogP contribution < -0.4 is 14.2 Å². The maximum atomic E-state index is 5.26. The van der Waals surface area contributed by atoms with Gasteiger partial charge in [0.05, 0.1) is 21.3 Å². The second-order valence-corrected chi connectivity index (χ2v) is 3.64. The largest absolute Gasteiger partial charge is 0.493 e. The summed E-state index contributed by atoms with van der Waals surface area (Å²) in [6.07, 6.45) is 3.88. The third-order valence-corrected chi connectivity index (χ3v) is 2.25. The number of methoxy groups -OCH3 is 3. The summed E-state index contributed by atoms with van der Waals surface area (Å²) in [6.45, 7) is 5.75. The van der Waals surface area contributed by atoms with Crippen LogP contribution in [0.25, 0.3) is 6.08 Å². The molecule has 0 aliphatic rings. The molecule has 0 unspecified atom stereocenters. The summed E-state index contributed by atoms with van der Waals surface area (Å²) in [5.74, 6) is 1.89. The molecule has 0 bridgehead atoms. The van der Waals surface area contributed by atoms with Gasteiger partial charge in [-0.05, 0) is 24.6 Å². The van der Waals surface area contributed by atoms with E-state index in [-0.39, 0.29) is 0 Å². The molecular formula is C14H18O3. The molecule has 0 amide bonds. The molecule has 0 aliphatic heterocycles. The van der Waals surface area contributed by atoms with Gasteiger partial charge in [0.2, 0.25) is 5.75 Å². The smallest absolute Gasteiger partial charge is 0.203 e. The molecule has 0 spiro atoms. The van der Waals surface area contributed by atoms with E-state index in [1.165, 1.54) is 0 Å². The Labute approximate surface area is 102 Å². The maximum Gasteiger partial charge on any atom is 0.203 e. The number of allylic oxidation sites excluding steroid dienone is 2. The molecule has 0 aliphatic carbocycles. The van der Waals surface area contributed by atoms with E-state index in [2.05, 4.69) is 6.58 Å². The third kappa shape index (κ3) is 3.28. The highest BCUT2D eigenvalue weighted by atomic mass is 16.5. The van der Waals surface area contributed by atoms with Crippen LogP contribution in [0.15, 0.2) is 30.4 Å². The second kappa shape index (κ2) is 5.99. The topological polar surface area (TPSA) is 27.7 Å². The quantitative estimate of drug-likeness (QED) is 0.731. The molecule has 0 aromatic heterocycles. The van der Waals surface area contributed by atoms with Crippen molar-refractivity contribution in [3.63, 3.8) is 0 Å². The fraction of sp³-hybridized carbons (Fsp3) is 0.286. The van der Waals surface area contributed by atoms with Gasteiger partial charge in [-0.3, -0.25) is 0 Å². The van der Waals surface area contributed by atoms with Crippen molar-refractivity contribution in [2.75, 3.05) is 21.3 Å². The average Bonchev–Trinajstić information content (AvgIpc) is 2.34. The zero-order valence-corrected chi connectivity index (χ0v) is 10.7. The zero-order chi connectivity index (χ0) is 12.8. The van der Waals surface area contributed by atoms with Crippen molar-refractivity contribution in [3.8, 4) is 17.2 Å². The van der Waals surface area contributed by atoms with Gasteiger partial charge in [0.1, 0.15) is 0 Å². The Balaban J connectivity index is 3.22. The Morgan fingerprint density at radius 1 is 1.06 bits per heavy atom. The summed E-state index contributed by atoms with van der Waals surface area (Å²) in [5, 5.41) is 0. The van der Waals surface area contributed by atoms with Crippen molar-refractivity contribution >= 4 is 6.08 Å².